The lowest BCUT2D eigenvalue weighted by atomic mass is 10.1. The van der Waals surface area contributed by atoms with Crippen molar-refractivity contribution in [3.8, 4) is 0 Å². The van der Waals surface area contributed by atoms with Gasteiger partial charge >= 0.3 is 0 Å². The van der Waals surface area contributed by atoms with E-state index in [1.54, 1.807) is 0 Å². The Labute approximate surface area is 100 Å². The summed E-state index contributed by atoms with van der Waals surface area (Å²) in [5, 5.41) is 0. The lowest BCUT2D eigenvalue weighted by molar-refractivity contribution is -0.136. The summed E-state index contributed by atoms with van der Waals surface area (Å²) >= 11 is 3.41. The maximum atomic E-state index is 12.0. The highest BCUT2D eigenvalue weighted by molar-refractivity contribution is 9.10. The van der Waals surface area contributed by atoms with E-state index in [9.17, 15) is 4.79 Å². The van der Waals surface area contributed by atoms with E-state index in [-0.39, 0.29) is 12.0 Å². The van der Waals surface area contributed by atoms with Gasteiger partial charge in [0.05, 0.1) is 10.4 Å². The van der Waals surface area contributed by atoms with E-state index in [1.807, 2.05) is 25.7 Å². The normalized spacial score (nSPS) is 22.9. The molecule has 1 atom stereocenters. The van der Waals surface area contributed by atoms with Crippen molar-refractivity contribution in [3.63, 3.8) is 0 Å². The summed E-state index contributed by atoms with van der Waals surface area (Å²) in [7, 11) is 0. The molecule has 0 aromatic rings. The van der Waals surface area contributed by atoms with E-state index in [0.29, 0.717) is 0 Å². The van der Waals surface area contributed by atoms with Gasteiger partial charge in [-0.25, -0.2) is 0 Å². The number of hydrogen-bond acceptors (Lipinski definition) is 2. The zero-order chi connectivity index (χ0) is 11.5. The third-order valence-electron chi connectivity index (χ3n) is 2.58. The first-order valence-corrected chi connectivity index (χ1v) is 6.34. The number of hydrogen-bond donors (Lipinski definition) is 0. The van der Waals surface area contributed by atoms with Crippen molar-refractivity contribution < 1.29 is 9.53 Å². The summed E-state index contributed by atoms with van der Waals surface area (Å²) in [6.07, 6.45) is 2.34. The molecule has 0 N–H and O–H groups in total. The Hall–Kier alpha value is -0.0900. The molecule has 0 radical (unpaired) electrons. The first-order valence-electron chi connectivity index (χ1n) is 5.55. The molecule has 88 valence electrons. The highest BCUT2D eigenvalue weighted by Gasteiger charge is 2.32. The molecular weight excluding hydrogens is 258 g/mol. The number of halogens is 1. The Kier molecular flexibility index (Phi) is 4.59. The lowest BCUT2D eigenvalue weighted by Crippen LogP contribution is -2.48. The zero-order valence-corrected chi connectivity index (χ0v) is 11.3. The summed E-state index contributed by atoms with van der Waals surface area (Å²) in [4.78, 5) is 13.9. The number of ether oxygens (including phenoxy) is 1. The lowest BCUT2D eigenvalue weighted by Gasteiger charge is -2.35. The second-order valence-electron chi connectivity index (χ2n) is 4.44. The molecule has 1 rings (SSSR count). The average molecular weight is 278 g/mol. The minimum atomic E-state index is -0.457. The molecule has 4 heteroatoms. The molecule has 1 aliphatic heterocycles. The molecule has 0 saturated carbocycles. The molecule has 3 nitrogen and oxygen atoms in total. The maximum absolute atomic E-state index is 12.0. The Bertz CT molecular complexity index is 223. The summed E-state index contributed by atoms with van der Waals surface area (Å²) in [5.41, 5.74) is 0. The molecule has 0 aromatic heterocycles. The van der Waals surface area contributed by atoms with Crippen molar-refractivity contribution in [2.75, 3.05) is 19.7 Å². The molecule has 1 unspecified atom stereocenters. The van der Waals surface area contributed by atoms with Gasteiger partial charge in [0, 0.05) is 19.7 Å². The second-order valence-corrected chi connectivity index (χ2v) is 6.43. The highest BCUT2D eigenvalue weighted by Crippen LogP contribution is 2.22. The third-order valence-corrected chi connectivity index (χ3v) is 2.92. The molecule has 15 heavy (non-hydrogen) atoms. The quantitative estimate of drug-likeness (QED) is 0.741. The van der Waals surface area contributed by atoms with E-state index in [1.165, 1.54) is 0 Å². The highest BCUT2D eigenvalue weighted by atomic mass is 79.9. The van der Waals surface area contributed by atoms with Crippen LogP contribution in [0.3, 0.4) is 0 Å². The number of amides is 1. The van der Waals surface area contributed by atoms with Crippen LogP contribution >= 0.6 is 15.9 Å². The van der Waals surface area contributed by atoms with Crippen molar-refractivity contribution in [1.29, 1.82) is 0 Å². The fraction of sp³-hybridized carbons (Fsp3) is 0.909. The van der Waals surface area contributed by atoms with Crippen molar-refractivity contribution in [3.05, 3.63) is 0 Å². The SMILES string of the molecule is CCOC1CCCN(C(=O)C(C)(C)Br)C1. The van der Waals surface area contributed by atoms with Gasteiger partial charge in [0.15, 0.2) is 0 Å². The fourth-order valence-electron chi connectivity index (χ4n) is 1.87. The van der Waals surface area contributed by atoms with Crippen LogP contribution in [0.1, 0.15) is 33.6 Å². The first kappa shape index (κ1) is 13.0. The molecular formula is C11H20BrNO2. The standard InChI is InChI=1S/C11H20BrNO2/c1-4-15-9-6-5-7-13(8-9)10(14)11(2,3)12/h9H,4-8H2,1-3H3. The Morgan fingerprint density at radius 1 is 1.60 bits per heavy atom. The van der Waals surface area contributed by atoms with Gasteiger partial charge in [-0.1, -0.05) is 15.9 Å². The minimum Gasteiger partial charge on any atom is -0.377 e. The number of piperidine rings is 1. The van der Waals surface area contributed by atoms with Gasteiger partial charge < -0.3 is 9.64 Å². The largest absolute Gasteiger partial charge is 0.377 e. The van der Waals surface area contributed by atoms with Crippen LogP contribution in [0.15, 0.2) is 0 Å². The van der Waals surface area contributed by atoms with Crippen molar-refractivity contribution in [2.45, 2.75) is 44.0 Å². The van der Waals surface area contributed by atoms with E-state index in [2.05, 4.69) is 15.9 Å². The van der Waals surface area contributed by atoms with E-state index in [0.717, 1.165) is 32.5 Å². The molecule has 1 saturated heterocycles. The fourth-order valence-corrected chi connectivity index (χ4v) is 2.12. The van der Waals surface area contributed by atoms with Crippen molar-refractivity contribution in [1.82, 2.24) is 4.90 Å². The van der Waals surface area contributed by atoms with E-state index >= 15 is 0 Å². The topological polar surface area (TPSA) is 29.5 Å². The molecule has 0 bridgehead atoms. The molecule has 0 aliphatic carbocycles. The molecule has 0 spiro atoms. The van der Waals surface area contributed by atoms with Gasteiger partial charge in [0.1, 0.15) is 0 Å². The van der Waals surface area contributed by atoms with Gasteiger partial charge in [0.25, 0.3) is 0 Å². The number of likely N-dealkylation sites (tertiary alicyclic amines) is 1. The monoisotopic (exact) mass is 277 g/mol. The molecule has 1 aliphatic rings. The predicted molar refractivity (Wildman–Crippen MR) is 64.2 cm³/mol. The zero-order valence-electron chi connectivity index (χ0n) is 9.75. The Morgan fingerprint density at radius 3 is 2.80 bits per heavy atom. The third kappa shape index (κ3) is 3.76. The maximum Gasteiger partial charge on any atom is 0.238 e. The molecule has 1 heterocycles. The number of carbonyl (C=O) groups is 1. The Morgan fingerprint density at radius 2 is 2.27 bits per heavy atom. The Balaban J connectivity index is 2.52. The molecule has 0 aromatic carbocycles. The van der Waals surface area contributed by atoms with Gasteiger partial charge in [-0.15, -0.1) is 0 Å². The summed E-state index contributed by atoms with van der Waals surface area (Å²) in [6.45, 7) is 8.10. The van der Waals surface area contributed by atoms with Gasteiger partial charge in [-0.2, -0.15) is 0 Å². The van der Waals surface area contributed by atoms with Gasteiger partial charge in [0.2, 0.25) is 5.91 Å². The van der Waals surface area contributed by atoms with Crippen LogP contribution in [0.4, 0.5) is 0 Å². The molecule has 1 fully saturated rings. The van der Waals surface area contributed by atoms with E-state index < -0.39 is 4.32 Å². The summed E-state index contributed by atoms with van der Waals surface area (Å²) in [5.74, 6) is 0.159. The minimum absolute atomic E-state index is 0.159. The van der Waals surface area contributed by atoms with Crippen LogP contribution in [0.2, 0.25) is 0 Å². The summed E-state index contributed by atoms with van der Waals surface area (Å²) < 4.78 is 5.11. The second kappa shape index (κ2) is 5.30. The van der Waals surface area contributed by atoms with E-state index in [4.69, 9.17) is 4.74 Å². The van der Waals surface area contributed by atoms with Crippen LogP contribution in [-0.2, 0) is 9.53 Å². The smallest absolute Gasteiger partial charge is 0.238 e. The van der Waals surface area contributed by atoms with Gasteiger partial charge in [-0.05, 0) is 33.6 Å². The predicted octanol–water partition coefficient (Wildman–Crippen LogP) is 2.19. The number of nitrogens with zero attached hydrogens (tertiary/aromatic N) is 1. The first-order chi connectivity index (χ1) is 6.95. The van der Waals surface area contributed by atoms with Gasteiger partial charge in [-0.3, -0.25) is 4.79 Å². The van der Waals surface area contributed by atoms with Crippen LogP contribution in [-0.4, -0.2) is 40.9 Å². The van der Waals surface area contributed by atoms with Crippen LogP contribution in [0.25, 0.3) is 0 Å². The van der Waals surface area contributed by atoms with Crippen molar-refractivity contribution in [2.24, 2.45) is 0 Å². The van der Waals surface area contributed by atoms with Crippen LogP contribution in [0.5, 0.6) is 0 Å². The summed E-state index contributed by atoms with van der Waals surface area (Å²) in [6, 6.07) is 0. The van der Waals surface area contributed by atoms with Crippen LogP contribution < -0.4 is 0 Å². The number of alkyl halides is 1. The van der Waals surface area contributed by atoms with Crippen molar-refractivity contribution >= 4 is 21.8 Å². The van der Waals surface area contributed by atoms with Crippen LogP contribution in [0, 0.1) is 0 Å². The number of carbonyl (C=O) groups excluding carboxylic acids is 1. The molecule has 1 amide bonds. The number of rotatable bonds is 3. The average Bonchev–Trinajstić information content (AvgIpc) is 2.16.